The van der Waals surface area contributed by atoms with Gasteiger partial charge in [-0.3, -0.25) is 4.79 Å². The van der Waals surface area contributed by atoms with Gasteiger partial charge in [-0.15, -0.1) is 11.8 Å². The van der Waals surface area contributed by atoms with Crippen LogP contribution in [0, 0.1) is 5.82 Å². The Balaban J connectivity index is 2.02. The fourth-order valence-electron chi connectivity index (χ4n) is 2.07. The largest absolute Gasteiger partial charge is 0.478 e. The van der Waals surface area contributed by atoms with Crippen LogP contribution in [0.5, 0.6) is 0 Å². The van der Waals surface area contributed by atoms with Crippen LogP contribution >= 0.6 is 11.8 Å². The van der Waals surface area contributed by atoms with Gasteiger partial charge >= 0.3 is 5.97 Å². The molecule has 0 aliphatic carbocycles. The molecule has 1 aliphatic rings. The number of carboxylic acid groups (broad SMARTS) is 1. The van der Waals surface area contributed by atoms with E-state index in [4.69, 9.17) is 5.11 Å². The standard InChI is InChI=1S/C15H16FNO3S/c16-12-9-11(6-4-10(12)5-7-14(18)19)17-15(20)13-3-1-2-8-21-13/h4-7,9,13H,1-3,8H2,(H,17,20)(H,18,19)/b7-5+. The van der Waals surface area contributed by atoms with Crippen LogP contribution < -0.4 is 5.32 Å². The van der Waals surface area contributed by atoms with Gasteiger partial charge in [-0.05, 0) is 42.9 Å². The summed E-state index contributed by atoms with van der Waals surface area (Å²) in [7, 11) is 0. The molecule has 1 aromatic carbocycles. The molecule has 4 nitrogen and oxygen atoms in total. The van der Waals surface area contributed by atoms with Crippen LogP contribution in [0.25, 0.3) is 6.08 Å². The first-order valence-corrected chi connectivity index (χ1v) is 7.74. The highest BCUT2D eigenvalue weighted by molar-refractivity contribution is 8.00. The van der Waals surface area contributed by atoms with Crippen molar-refractivity contribution >= 4 is 35.4 Å². The molecule has 21 heavy (non-hydrogen) atoms. The average molecular weight is 309 g/mol. The molecule has 112 valence electrons. The fraction of sp³-hybridized carbons (Fsp3) is 0.333. The van der Waals surface area contributed by atoms with Gasteiger partial charge < -0.3 is 10.4 Å². The van der Waals surface area contributed by atoms with Crippen molar-refractivity contribution in [3.8, 4) is 0 Å². The number of anilines is 1. The van der Waals surface area contributed by atoms with E-state index in [0.29, 0.717) is 5.69 Å². The van der Waals surface area contributed by atoms with E-state index in [1.807, 2.05) is 0 Å². The topological polar surface area (TPSA) is 66.4 Å². The number of carbonyl (C=O) groups excluding carboxylic acids is 1. The van der Waals surface area contributed by atoms with Gasteiger partial charge in [0.15, 0.2) is 0 Å². The lowest BCUT2D eigenvalue weighted by Crippen LogP contribution is -2.27. The van der Waals surface area contributed by atoms with Crippen LogP contribution in [-0.4, -0.2) is 28.0 Å². The summed E-state index contributed by atoms with van der Waals surface area (Å²) in [6, 6.07) is 4.21. The highest BCUT2D eigenvalue weighted by Crippen LogP contribution is 2.26. The molecular formula is C15H16FNO3S. The summed E-state index contributed by atoms with van der Waals surface area (Å²) >= 11 is 1.63. The van der Waals surface area contributed by atoms with Gasteiger partial charge in [-0.2, -0.15) is 0 Å². The number of hydrogen-bond acceptors (Lipinski definition) is 3. The van der Waals surface area contributed by atoms with Crippen LogP contribution in [0.2, 0.25) is 0 Å². The van der Waals surface area contributed by atoms with E-state index in [1.54, 1.807) is 17.8 Å². The Morgan fingerprint density at radius 2 is 2.19 bits per heavy atom. The smallest absolute Gasteiger partial charge is 0.328 e. The third kappa shape index (κ3) is 4.60. The first kappa shape index (κ1) is 15.6. The maximum absolute atomic E-state index is 13.8. The Bertz CT molecular complexity index is 568. The predicted molar refractivity (Wildman–Crippen MR) is 81.8 cm³/mol. The van der Waals surface area contributed by atoms with Gasteiger partial charge in [0.1, 0.15) is 5.82 Å². The van der Waals surface area contributed by atoms with Crippen LogP contribution in [-0.2, 0) is 9.59 Å². The van der Waals surface area contributed by atoms with Crippen LogP contribution in [0.1, 0.15) is 24.8 Å². The molecule has 0 bridgehead atoms. The third-order valence-corrected chi connectivity index (χ3v) is 4.52. The maximum atomic E-state index is 13.8. The summed E-state index contributed by atoms with van der Waals surface area (Å²) in [4.78, 5) is 22.4. The van der Waals surface area contributed by atoms with Crippen LogP contribution in [0.3, 0.4) is 0 Å². The van der Waals surface area contributed by atoms with Crippen molar-refractivity contribution in [2.45, 2.75) is 24.5 Å². The lowest BCUT2D eigenvalue weighted by molar-refractivity contribution is -0.131. The van der Waals surface area contributed by atoms with Crippen LogP contribution in [0.15, 0.2) is 24.3 Å². The number of amides is 1. The predicted octanol–water partition coefficient (Wildman–Crippen LogP) is 3.15. The molecule has 1 aliphatic heterocycles. The van der Waals surface area contributed by atoms with E-state index >= 15 is 0 Å². The molecule has 1 aromatic rings. The summed E-state index contributed by atoms with van der Waals surface area (Å²) in [5.74, 6) is -0.832. The number of aliphatic carboxylic acids is 1. The average Bonchev–Trinajstić information content (AvgIpc) is 2.47. The van der Waals surface area contributed by atoms with Crippen molar-refractivity contribution in [3.63, 3.8) is 0 Å². The molecule has 1 saturated heterocycles. The first-order valence-electron chi connectivity index (χ1n) is 6.69. The second-order valence-electron chi connectivity index (χ2n) is 4.75. The second-order valence-corrected chi connectivity index (χ2v) is 6.06. The molecule has 2 rings (SSSR count). The molecule has 1 amide bonds. The number of halogens is 1. The fourth-order valence-corrected chi connectivity index (χ4v) is 3.27. The highest BCUT2D eigenvalue weighted by Gasteiger charge is 2.21. The van der Waals surface area contributed by atoms with Crippen molar-refractivity contribution in [2.24, 2.45) is 0 Å². The molecule has 0 aromatic heterocycles. The summed E-state index contributed by atoms with van der Waals surface area (Å²) in [5, 5.41) is 11.1. The number of carbonyl (C=O) groups is 2. The van der Waals surface area contributed by atoms with Gasteiger partial charge in [0.25, 0.3) is 0 Å². The SMILES string of the molecule is O=C(O)/C=C/c1ccc(NC(=O)C2CCCCS2)cc1F. The minimum atomic E-state index is -1.14. The van der Waals surface area contributed by atoms with Gasteiger partial charge in [0.05, 0.1) is 5.25 Å². The molecule has 1 fully saturated rings. The summed E-state index contributed by atoms with van der Waals surface area (Å²) in [5.41, 5.74) is 0.554. The molecule has 0 radical (unpaired) electrons. The minimum absolute atomic E-state index is 0.0756. The molecular weight excluding hydrogens is 293 g/mol. The van der Waals surface area contributed by atoms with Gasteiger partial charge in [0.2, 0.25) is 5.91 Å². The Morgan fingerprint density at radius 3 is 2.81 bits per heavy atom. The van der Waals surface area contributed by atoms with E-state index in [-0.39, 0.29) is 16.7 Å². The second kappa shape index (κ2) is 7.26. The summed E-state index contributed by atoms with van der Waals surface area (Å²) in [6.07, 6.45) is 5.07. The third-order valence-electron chi connectivity index (χ3n) is 3.15. The number of hydrogen-bond donors (Lipinski definition) is 2. The van der Waals surface area contributed by atoms with E-state index in [1.165, 1.54) is 18.2 Å². The van der Waals surface area contributed by atoms with Crippen molar-refractivity contribution in [2.75, 3.05) is 11.1 Å². The Labute approximate surface area is 126 Å². The van der Waals surface area contributed by atoms with E-state index in [2.05, 4.69) is 5.32 Å². The Kier molecular flexibility index (Phi) is 5.38. The number of nitrogens with one attached hydrogen (secondary N) is 1. The zero-order valence-electron chi connectivity index (χ0n) is 11.3. The number of benzene rings is 1. The van der Waals surface area contributed by atoms with E-state index in [9.17, 15) is 14.0 Å². The van der Waals surface area contributed by atoms with E-state index in [0.717, 1.165) is 31.1 Å². The zero-order valence-corrected chi connectivity index (χ0v) is 12.2. The number of carboxylic acids is 1. The van der Waals surface area contributed by atoms with Crippen molar-refractivity contribution in [1.29, 1.82) is 0 Å². The van der Waals surface area contributed by atoms with Crippen molar-refractivity contribution in [3.05, 3.63) is 35.7 Å². The van der Waals surface area contributed by atoms with Crippen LogP contribution in [0.4, 0.5) is 10.1 Å². The number of rotatable bonds is 4. The minimum Gasteiger partial charge on any atom is -0.478 e. The van der Waals surface area contributed by atoms with Crippen molar-refractivity contribution in [1.82, 2.24) is 0 Å². The Hall–Kier alpha value is -1.82. The van der Waals surface area contributed by atoms with E-state index < -0.39 is 11.8 Å². The normalized spacial score (nSPS) is 18.6. The zero-order chi connectivity index (χ0) is 15.2. The highest BCUT2D eigenvalue weighted by atomic mass is 32.2. The first-order chi connectivity index (χ1) is 10.1. The molecule has 1 atom stereocenters. The van der Waals surface area contributed by atoms with Gasteiger partial charge in [-0.1, -0.05) is 6.42 Å². The molecule has 1 unspecified atom stereocenters. The van der Waals surface area contributed by atoms with Crippen molar-refractivity contribution < 1.29 is 19.1 Å². The maximum Gasteiger partial charge on any atom is 0.328 e. The number of thioether (sulfide) groups is 1. The lowest BCUT2D eigenvalue weighted by Gasteiger charge is -2.20. The Morgan fingerprint density at radius 1 is 1.38 bits per heavy atom. The monoisotopic (exact) mass is 309 g/mol. The lowest BCUT2D eigenvalue weighted by atomic mass is 10.1. The quantitative estimate of drug-likeness (QED) is 0.839. The molecule has 2 N–H and O–H groups in total. The van der Waals surface area contributed by atoms with Gasteiger partial charge in [-0.25, -0.2) is 9.18 Å². The molecule has 0 spiro atoms. The summed E-state index contributed by atoms with van der Waals surface area (Å²) in [6.45, 7) is 0. The summed E-state index contributed by atoms with van der Waals surface area (Å²) < 4.78 is 13.8. The van der Waals surface area contributed by atoms with Gasteiger partial charge in [0, 0.05) is 17.3 Å². The molecule has 1 heterocycles. The molecule has 6 heteroatoms. The molecule has 0 saturated carbocycles.